The first-order valence-corrected chi connectivity index (χ1v) is 4.39. The minimum absolute atomic E-state index is 0. The number of hydrogen-bond donors (Lipinski definition) is 3. The molecule has 0 aromatic carbocycles. The van der Waals surface area contributed by atoms with Gasteiger partial charge in [-0.15, -0.1) is 0 Å². The van der Waals surface area contributed by atoms with Crippen molar-refractivity contribution in [3.8, 4) is 0 Å². The third-order valence-corrected chi connectivity index (χ3v) is 1.72. The highest BCUT2D eigenvalue weighted by Crippen LogP contribution is 2.09. The van der Waals surface area contributed by atoms with Crippen LogP contribution in [0.2, 0.25) is 0 Å². The Kier molecular flexibility index (Phi) is 7.37. The van der Waals surface area contributed by atoms with Crippen molar-refractivity contribution in [2.75, 3.05) is 6.54 Å². The van der Waals surface area contributed by atoms with Crippen LogP contribution >= 0.6 is 0 Å². The second kappa shape index (κ2) is 6.95. The maximum Gasteiger partial charge on any atom is 0.323 e. The second-order valence-electron chi connectivity index (χ2n) is 3.54. The molecule has 5 nitrogen and oxygen atoms in total. The van der Waals surface area contributed by atoms with Crippen molar-refractivity contribution in [2.45, 2.75) is 33.2 Å². The normalized spacial score (nSPS) is 16.2. The molecule has 0 aromatic heterocycles. The summed E-state index contributed by atoms with van der Waals surface area (Å²) in [5, 5.41) is 8.65. The standard InChI is InChI=1S/C9H16FN3O2.CH4/c1-6(11)13-5-7(10)3-4-9(2,12)8(14)15;/h3H,4-5,12H2,1-2H3,(H2,11,13)(H,14,15);1H4/b7-3-;/t9-;/m0./s1. The summed E-state index contributed by atoms with van der Waals surface area (Å²) in [6.45, 7) is 2.67. The lowest BCUT2D eigenvalue weighted by molar-refractivity contribution is -0.142. The smallest absolute Gasteiger partial charge is 0.323 e. The SMILES string of the molecule is C.CC(N)=NC/C(F)=C/C[C@](C)(N)C(=O)O. The highest BCUT2D eigenvalue weighted by atomic mass is 19.1. The van der Waals surface area contributed by atoms with Crippen molar-refractivity contribution in [2.24, 2.45) is 16.5 Å². The fraction of sp³-hybridized carbons (Fsp3) is 0.600. The minimum Gasteiger partial charge on any atom is -0.480 e. The van der Waals surface area contributed by atoms with Gasteiger partial charge in [-0.3, -0.25) is 9.79 Å². The largest absolute Gasteiger partial charge is 0.480 e. The molecule has 0 saturated carbocycles. The molecule has 0 bridgehead atoms. The van der Waals surface area contributed by atoms with Crippen molar-refractivity contribution in [3.63, 3.8) is 0 Å². The van der Waals surface area contributed by atoms with E-state index < -0.39 is 17.3 Å². The summed E-state index contributed by atoms with van der Waals surface area (Å²) in [6, 6.07) is 0. The van der Waals surface area contributed by atoms with Gasteiger partial charge in [-0.1, -0.05) is 7.43 Å². The van der Waals surface area contributed by atoms with Crippen LogP contribution in [0.25, 0.3) is 0 Å². The van der Waals surface area contributed by atoms with E-state index in [0.29, 0.717) is 0 Å². The van der Waals surface area contributed by atoms with E-state index in [-0.39, 0.29) is 26.2 Å². The molecule has 0 unspecified atom stereocenters. The molecule has 0 spiro atoms. The van der Waals surface area contributed by atoms with Gasteiger partial charge in [0, 0.05) is 0 Å². The monoisotopic (exact) mass is 233 g/mol. The molecular weight excluding hydrogens is 213 g/mol. The lowest BCUT2D eigenvalue weighted by Gasteiger charge is -2.16. The molecule has 0 amide bonds. The molecular formula is C10H20FN3O2. The first-order valence-electron chi connectivity index (χ1n) is 4.39. The van der Waals surface area contributed by atoms with Gasteiger partial charge in [0.15, 0.2) is 0 Å². The maximum absolute atomic E-state index is 13.0. The van der Waals surface area contributed by atoms with Crippen molar-refractivity contribution < 1.29 is 14.3 Å². The average molecular weight is 233 g/mol. The van der Waals surface area contributed by atoms with E-state index >= 15 is 0 Å². The van der Waals surface area contributed by atoms with Gasteiger partial charge in [-0.2, -0.15) is 0 Å². The van der Waals surface area contributed by atoms with Gasteiger partial charge >= 0.3 is 5.97 Å². The van der Waals surface area contributed by atoms with Crippen molar-refractivity contribution in [1.82, 2.24) is 0 Å². The number of halogens is 1. The highest BCUT2D eigenvalue weighted by Gasteiger charge is 2.26. The Morgan fingerprint density at radius 1 is 1.62 bits per heavy atom. The van der Waals surface area contributed by atoms with Gasteiger partial charge in [0.2, 0.25) is 0 Å². The van der Waals surface area contributed by atoms with Gasteiger partial charge in [0.25, 0.3) is 0 Å². The number of nitrogens with zero attached hydrogens (tertiary/aromatic N) is 1. The zero-order valence-corrected chi connectivity index (χ0v) is 8.83. The van der Waals surface area contributed by atoms with Crippen molar-refractivity contribution in [3.05, 3.63) is 11.9 Å². The lowest BCUT2D eigenvalue weighted by Crippen LogP contribution is -2.44. The number of rotatable bonds is 5. The molecule has 5 N–H and O–H groups in total. The molecule has 0 aliphatic heterocycles. The van der Waals surface area contributed by atoms with E-state index in [1.807, 2.05) is 0 Å². The van der Waals surface area contributed by atoms with E-state index in [1.54, 1.807) is 0 Å². The number of aliphatic carboxylic acids is 1. The summed E-state index contributed by atoms with van der Waals surface area (Å²) in [5.41, 5.74) is 9.14. The first-order chi connectivity index (χ1) is 6.75. The fourth-order valence-corrected chi connectivity index (χ4v) is 0.675. The van der Waals surface area contributed by atoms with Crippen molar-refractivity contribution in [1.29, 1.82) is 0 Å². The van der Waals surface area contributed by atoms with E-state index in [1.165, 1.54) is 13.8 Å². The molecule has 0 heterocycles. The topological polar surface area (TPSA) is 102 Å². The van der Waals surface area contributed by atoms with Crippen molar-refractivity contribution >= 4 is 11.8 Å². The third-order valence-electron chi connectivity index (χ3n) is 1.72. The quantitative estimate of drug-likeness (QED) is 0.487. The Labute approximate surface area is 95.0 Å². The highest BCUT2D eigenvalue weighted by molar-refractivity contribution is 5.78. The van der Waals surface area contributed by atoms with Crippen LogP contribution in [-0.4, -0.2) is 29.0 Å². The number of aliphatic imine (C=N–C) groups is 1. The molecule has 16 heavy (non-hydrogen) atoms. The molecule has 0 rings (SSSR count). The number of nitrogens with two attached hydrogens (primary N) is 2. The summed E-state index contributed by atoms with van der Waals surface area (Å²) >= 11 is 0. The molecule has 0 saturated heterocycles. The number of carboxylic acids is 1. The number of hydrogen-bond acceptors (Lipinski definition) is 3. The van der Waals surface area contributed by atoms with Crippen LogP contribution in [0.5, 0.6) is 0 Å². The van der Waals surface area contributed by atoms with Gasteiger partial charge in [0.1, 0.15) is 11.4 Å². The summed E-state index contributed by atoms with van der Waals surface area (Å²) in [7, 11) is 0. The van der Waals surface area contributed by atoms with E-state index in [9.17, 15) is 9.18 Å². The van der Waals surface area contributed by atoms with Gasteiger partial charge < -0.3 is 16.6 Å². The Bertz CT molecular complexity index is 294. The number of carbonyl (C=O) groups is 1. The number of amidine groups is 1. The summed E-state index contributed by atoms with van der Waals surface area (Å²) in [5.74, 6) is -1.45. The first kappa shape index (κ1) is 17.0. The summed E-state index contributed by atoms with van der Waals surface area (Å²) < 4.78 is 13.0. The maximum atomic E-state index is 13.0. The van der Waals surface area contributed by atoms with Crippen LogP contribution < -0.4 is 11.5 Å². The predicted molar refractivity (Wildman–Crippen MR) is 62.9 cm³/mol. The van der Waals surface area contributed by atoms with Gasteiger partial charge in [-0.05, 0) is 26.3 Å². The Morgan fingerprint density at radius 3 is 2.50 bits per heavy atom. The summed E-state index contributed by atoms with van der Waals surface area (Å²) in [6.07, 6.45) is 1.02. The Hall–Kier alpha value is -1.43. The fourth-order valence-electron chi connectivity index (χ4n) is 0.675. The van der Waals surface area contributed by atoms with E-state index in [2.05, 4.69) is 4.99 Å². The molecule has 0 fully saturated rings. The number of carboxylic acid groups (broad SMARTS) is 1. The van der Waals surface area contributed by atoms with Crippen LogP contribution in [0.1, 0.15) is 27.7 Å². The van der Waals surface area contributed by atoms with Gasteiger partial charge in [0.05, 0.1) is 12.4 Å². The van der Waals surface area contributed by atoms with Crippen LogP contribution in [0, 0.1) is 0 Å². The Balaban J connectivity index is 0. The molecule has 0 aliphatic rings. The average Bonchev–Trinajstić information content (AvgIpc) is 2.11. The summed E-state index contributed by atoms with van der Waals surface area (Å²) in [4.78, 5) is 14.2. The van der Waals surface area contributed by atoms with Gasteiger partial charge in [-0.25, -0.2) is 4.39 Å². The minimum atomic E-state index is -1.46. The van der Waals surface area contributed by atoms with Crippen LogP contribution in [0.15, 0.2) is 16.9 Å². The van der Waals surface area contributed by atoms with Crippen LogP contribution in [0.4, 0.5) is 4.39 Å². The Morgan fingerprint density at radius 2 is 2.12 bits per heavy atom. The molecule has 1 atom stereocenters. The molecule has 6 heteroatoms. The van der Waals surface area contributed by atoms with Crippen LogP contribution in [0.3, 0.4) is 0 Å². The predicted octanol–water partition coefficient (Wildman–Crippen LogP) is 1.05. The van der Waals surface area contributed by atoms with E-state index in [4.69, 9.17) is 16.6 Å². The molecule has 0 aliphatic carbocycles. The molecule has 0 aromatic rings. The van der Waals surface area contributed by atoms with Crippen LogP contribution in [-0.2, 0) is 4.79 Å². The lowest BCUT2D eigenvalue weighted by atomic mass is 9.99. The zero-order valence-electron chi connectivity index (χ0n) is 8.83. The molecule has 94 valence electrons. The third kappa shape index (κ3) is 6.94. The van der Waals surface area contributed by atoms with E-state index in [0.717, 1.165) is 6.08 Å². The zero-order chi connectivity index (χ0) is 12.1. The molecule has 0 radical (unpaired) electrons. The second-order valence-corrected chi connectivity index (χ2v) is 3.54.